The zero-order valence-electron chi connectivity index (χ0n) is 13.6. The minimum Gasteiger partial charge on any atom is -0.353 e. The van der Waals surface area contributed by atoms with Crippen LogP contribution in [-0.2, 0) is 9.47 Å². The van der Waals surface area contributed by atoms with Gasteiger partial charge in [-0.2, -0.15) is 0 Å². The van der Waals surface area contributed by atoms with Crippen molar-refractivity contribution in [2.75, 3.05) is 6.61 Å². The lowest BCUT2D eigenvalue weighted by Crippen LogP contribution is -2.41. The topological polar surface area (TPSA) is 18.5 Å². The van der Waals surface area contributed by atoms with E-state index in [1.165, 1.54) is 32.1 Å². The normalized spacial score (nSPS) is 33.7. The summed E-state index contributed by atoms with van der Waals surface area (Å²) < 4.78 is 11.8. The molecule has 1 saturated carbocycles. The van der Waals surface area contributed by atoms with E-state index >= 15 is 0 Å². The molecule has 2 heteroatoms. The summed E-state index contributed by atoms with van der Waals surface area (Å²) in [6.07, 6.45) is 16.1. The van der Waals surface area contributed by atoms with E-state index in [0.717, 1.165) is 38.2 Å². The molecule has 116 valence electrons. The van der Waals surface area contributed by atoms with Crippen LogP contribution < -0.4 is 0 Å². The van der Waals surface area contributed by atoms with Gasteiger partial charge in [-0.1, -0.05) is 39.5 Å². The van der Waals surface area contributed by atoms with E-state index in [-0.39, 0.29) is 11.9 Å². The molecule has 0 aromatic rings. The Balaban J connectivity index is 0.000000956. The molecule has 0 aromatic carbocycles. The summed E-state index contributed by atoms with van der Waals surface area (Å²) in [6.45, 7) is 7.08. The van der Waals surface area contributed by atoms with Crippen LogP contribution in [0.4, 0.5) is 0 Å². The smallest absolute Gasteiger partial charge is 0.159 e. The summed E-state index contributed by atoms with van der Waals surface area (Å²) in [4.78, 5) is 0. The molecule has 2 nitrogen and oxygen atoms in total. The minimum absolute atomic E-state index is 0.0578. The molecule has 1 saturated heterocycles. The number of hydrogen-bond donors (Lipinski definition) is 0. The van der Waals surface area contributed by atoms with Crippen LogP contribution in [0.15, 0.2) is 0 Å². The van der Waals surface area contributed by atoms with Crippen LogP contribution in [-0.4, -0.2) is 18.5 Å². The van der Waals surface area contributed by atoms with Gasteiger partial charge in [0.25, 0.3) is 0 Å². The predicted molar refractivity (Wildman–Crippen MR) is 84.5 cm³/mol. The van der Waals surface area contributed by atoms with Gasteiger partial charge in [-0.15, -0.1) is 6.42 Å². The molecule has 2 rings (SSSR count). The zero-order valence-corrected chi connectivity index (χ0v) is 13.6. The SMILES string of the molecule is C#CC1(OC2CCCCO2)CCC(CCC)CC1.CC. The van der Waals surface area contributed by atoms with Gasteiger partial charge in [0.2, 0.25) is 0 Å². The van der Waals surface area contributed by atoms with Crippen molar-refractivity contribution in [3.63, 3.8) is 0 Å². The van der Waals surface area contributed by atoms with Crippen molar-refractivity contribution in [2.24, 2.45) is 5.92 Å². The van der Waals surface area contributed by atoms with Crippen LogP contribution in [0.1, 0.15) is 78.6 Å². The van der Waals surface area contributed by atoms with E-state index in [1.54, 1.807) is 0 Å². The average Bonchev–Trinajstić information content (AvgIpc) is 2.53. The standard InChI is InChI=1S/C16H26O2.C2H6/c1-3-7-14-9-11-16(4-2,12-10-14)18-15-8-5-6-13-17-15;1-2/h2,14-15H,3,5-13H2,1H3;1-2H3. The Morgan fingerprint density at radius 1 is 1.20 bits per heavy atom. The summed E-state index contributed by atoms with van der Waals surface area (Å²) in [6, 6.07) is 0. The molecule has 2 fully saturated rings. The van der Waals surface area contributed by atoms with Gasteiger partial charge in [0.15, 0.2) is 6.29 Å². The average molecular weight is 280 g/mol. The van der Waals surface area contributed by atoms with Crippen LogP contribution in [0.2, 0.25) is 0 Å². The lowest BCUT2D eigenvalue weighted by Gasteiger charge is -2.39. The Kier molecular flexibility index (Phi) is 8.26. The van der Waals surface area contributed by atoms with Crippen LogP contribution >= 0.6 is 0 Å². The van der Waals surface area contributed by atoms with Crippen LogP contribution in [0.25, 0.3) is 0 Å². The highest BCUT2D eigenvalue weighted by atomic mass is 16.7. The third kappa shape index (κ3) is 5.11. The van der Waals surface area contributed by atoms with Gasteiger partial charge in [0.05, 0.1) is 0 Å². The number of rotatable bonds is 4. The van der Waals surface area contributed by atoms with E-state index in [9.17, 15) is 0 Å². The highest BCUT2D eigenvalue weighted by Crippen LogP contribution is 2.38. The summed E-state index contributed by atoms with van der Waals surface area (Å²) in [5, 5.41) is 0. The molecule has 1 heterocycles. The van der Waals surface area contributed by atoms with Gasteiger partial charge in [-0.3, -0.25) is 0 Å². The molecule has 1 unspecified atom stereocenters. The fourth-order valence-electron chi connectivity index (χ4n) is 3.19. The maximum absolute atomic E-state index is 6.14. The molecular formula is C18H32O2. The number of terminal acetylenes is 1. The monoisotopic (exact) mass is 280 g/mol. The van der Waals surface area contributed by atoms with Crippen molar-refractivity contribution in [1.29, 1.82) is 0 Å². The fourth-order valence-corrected chi connectivity index (χ4v) is 3.19. The second kappa shape index (κ2) is 9.42. The van der Waals surface area contributed by atoms with Gasteiger partial charge in [-0.05, 0) is 50.9 Å². The Morgan fingerprint density at radius 3 is 2.40 bits per heavy atom. The van der Waals surface area contributed by atoms with Gasteiger partial charge in [0, 0.05) is 6.61 Å². The van der Waals surface area contributed by atoms with Gasteiger partial charge < -0.3 is 9.47 Å². The fraction of sp³-hybridized carbons (Fsp3) is 0.889. The molecule has 0 bridgehead atoms. The molecule has 2 aliphatic rings. The molecule has 1 aliphatic carbocycles. The van der Waals surface area contributed by atoms with Crippen LogP contribution in [0, 0.1) is 18.3 Å². The van der Waals surface area contributed by atoms with Crippen LogP contribution in [0.5, 0.6) is 0 Å². The second-order valence-corrected chi connectivity index (χ2v) is 5.78. The maximum Gasteiger partial charge on any atom is 0.159 e. The molecular weight excluding hydrogens is 248 g/mol. The molecule has 20 heavy (non-hydrogen) atoms. The van der Waals surface area contributed by atoms with E-state index in [0.29, 0.717) is 0 Å². The number of ether oxygens (including phenoxy) is 2. The molecule has 1 atom stereocenters. The van der Waals surface area contributed by atoms with Gasteiger partial charge in [0.1, 0.15) is 5.60 Å². The highest BCUT2D eigenvalue weighted by Gasteiger charge is 2.37. The molecule has 0 amide bonds. The largest absolute Gasteiger partial charge is 0.353 e. The van der Waals surface area contributed by atoms with Crippen molar-refractivity contribution in [3.8, 4) is 12.3 Å². The van der Waals surface area contributed by atoms with Crippen molar-refractivity contribution in [3.05, 3.63) is 0 Å². The maximum atomic E-state index is 6.14. The Hall–Kier alpha value is -0.520. The first-order chi connectivity index (χ1) is 9.78. The minimum atomic E-state index is -0.341. The lowest BCUT2D eigenvalue weighted by molar-refractivity contribution is -0.216. The Bertz CT molecular complexity index is 278. The molecule has 0 aromatic heterocycles. The Labute approximate surface area is 125 Å². The molecule has 1 aliphatic heterocycles. The first-order valence-electron chi connectivity index (χ1n) is 8.55. The van der Waals surface area contributed by atoms with Gasteiger partial charge in [-0.25, -0.2) is 0 Å². The molecule has 0 spiro atoms. The number of hydrogen-bond acceptors (Lipinski definition) is 2. The zero-order chi connectivity index (χ0) is 14.8. The van der Waals surface area contributed by atoms with E-state index in [4.69, 9.17) is 15.9 Å². The summed E-state index contributed by atoms with van der Waals surface area (Å²) >= 11 is 0. The first-order valence-corrected chi connectivity index (χ1v) is 8.55. The Morgan fingerprint density at radius 2 is 1.90 bits per heavy atom. The second-order valence-electron chi connectivity index (χ2n) is 5.78. The van der Waals surface area contributed by atoms with Crippen molar-refractivity contribution in [1.82, 2.24) is 0 Å². The van der Waals surface area contributed by atoms with E-state index < -0.39 is 0 Å². The predicted octanol–water partition coefficient (Wildman–Crippen LogP) is 4.92. The molecule has 0 radical (unpaired) electrons. The lowest BCUT2D eigenvalue weighted by atomic mass is 9.77. The molecule has 0 N–H and O–H groups in total. The van der Waals surface area contributed by atoms with Crippen molar-refractivity contribution in [2.45, 2.75) is 90.4 Å². The third-order valence-electron chi connectivity index (χ3n) is 4.37. The van der Waals surface area contributed by atoms with Gasteiger partial charge >= 0.3 is 0 Å². The summed E-state index contributed by atoms with van der Waals surface area (Å²) in [5.74, 6) is 3.78. The first kappa shape index (κ1) is 17.5. The summed E-state index contributed by atoms with van der Waals surface area (Å²) in [5.41, 5.74) is -0.341. The highest BCUT2D eigenvalue weighted by molar-refractivity contribution is 5.10. The quantitative estimate of drug-likeness (QED) is 0.681. The summed E-state index contributed by atoms with van der Waals surface area (Å²) in [7, 11) is 0. The van der Waals surface area contributed by atoms with E-state index in [2.05, 4.69) is 12.8 Å². The third-order valence-corrected chi connectivity index (χ3v) is 4.37. The van der Waals surface area contributed by atoms with Crippen LogP contribution in [0.3, 0.4) is 0 Å². The van der Waals surface area contributed by atoms with E-state index in [1.807, 2.05) is 13.8 Å². The van der Waals surface area contributed by atoms with Crippen molar-refractivity contribution >= 4 is 0 Å². The van der Waals surface area contributed by atoms with Crippen molar-refractivity contribution < 1.29 is 9.47 Å².